The molecule has 0 spiro atoms. The lowest BCUT2D eigenvalue weighted by atomic mass is 10.2. The first kappa shape index (κ1) is 16.5. The summed E-state index contributed by atoms with van der Waals surface area (Å²) < 4.78 is 28.1. The van der Waals surface area contributed by atoms with E-state index in [-0.39, 0.29) is 10.8 Å². The summed E-state index contributed by atoms with van der Waals surface area (Å²) in [6.45, 7) is 3.15. The number of hydrogen-bond acceptors (Lipinski definition) is 3. The maximum absolute atomic E-state index is 12.4. The van der Waals surface area contributed by atoms with E-state index in [1.54, 1.807) is 49.4 Å². The Morgan fingerprint density at radius 3 is 2.23 bits per heavy atom. The van der Waals surface area contributed by atoms with Gasteiger partial charge in [-0.1, -0.05) is 22.0 Å². The monoisotopic (exact) mass is 382 g/mol. The van der Waals surface area contributed by atoms with Gasteiger partial charge in [-0.15, -0.1) is 0 Å². The third-order valence-corrected chi connectivity index (χ3v) is 4.91. The fraction of sp³-hybridized carbons (Fsp3) is 0.133. The molecule has 0 saturated heterocycles. The largest absolute Gasteiger partial charge is 0.326 e. The van der Waals surface area contributed by atoms with Gasteiger partial charge in [-0.3, -0.25) is 9.52 Å². The van der Waals surface area contributed by atoms with Crippen molar-refractivity contribution >= 4 is 43.2 Å². The predicted octanol–water partition coefficient (Wildman–Crippen LogP) is 3.52. The van der Waals surface area contributed by atoms with E-state index < -0.39 is 10.0 Å². The molecule has 0 heterocycles. The zero-order valence-corrected chi connectivity index (χ0v) is 14.5. The van der Waals surface area contributed by atoms with Crippen molar-refractivity contribution in [1.29, 1.82) is 0 Å². The molecule has 5 nitrogen and oxygen atoms in total. The molecule has 2 aromatic rings. The number of carbonyl (C=O) groups excluding carboxylic acids is 1. The van der Waals surface area contributed by atoms with Gasteiger partial charge in [0.1, 0.15) is 0 Å². The SMILES string of the molecule is CC(=O)Nc1ccc(NS(=O)(=O)c2cc(Br)ccc2C)cc1. The van der Waals surface area contributed by atoms with E-state index in [0.717, 1.165) is 0 Å². The number of carbonyl (C=O) groups is 1. The highest BCUT2D eigenvalue weighted by Gasteiger charge is 2.17. The number of halogens is 1. The van der Waals surface area contributed by atoms with E-state index in [1.807, 2.05) is 0 Å². The molecule has 22 heavy (non-hydrogen) atoms. The Bertz CT molecular complexity index is 802. The molecule has 0 bridgehead atoms. The molecule has 2 N–H and O–H groups in total. The van der Waals surface area contributed by atoms with Gasteiger partial charge in [-0.25, -0.2) is 8.42 Å². The van der Waals surface area contributed by atoms with Gasteiger partial charge in [0.2, 0.25) is 5.91 Å². The molecule has 0 aromatic heterocycles. The molecule has 2 rings (SSSR count). The minimum atomic E-state index is -3.67. The van der Waals surface area contributed by atoms with E-state index in [1.165, 1.54) is 6.92 Å². The number of amides is 1. The Labute approximate surface area is 137 Å². The molecule has 0 radical (unpaired) electrons. The number of hydrogen-bond donors (Lipinski definition) is 2. The van der Waals surface area contributed by atoms with Gasteiger partial charge in [0, 0.05) is 22.8 Å². The van der Waals surface area contributed by atoms with Crippen LogP contribution < -0.4 is 10.0 Å². The van der Waals surface area contributed by atoms with Gasteiger partial charge in [-0.2, -0.15) is 0 Å². The normalized spacial score (nSPS) is 11.0. The summed E-state index contributed by atoms with van der Waals surface area (Å²) >= 11 is 3.27. The fourth-order valence-corrected chi connectivity index (χ4v) is 3.74. The lowest BCUT2D eigenvalue weighted by molar-refractivity contribution is -0.114. The lowest BCUT2D eigenvalue weighted by Crippen LogP contribution is -2.14. The second kappa shape index (κ2) is 6.50. The van der Waals surface area contributed by atoms with Gasteiger partial charge in [0.25, 0.3) is 10.0 Å². The number of sulfonamides is 1. The average Bonchev–Trinajstić information content (AvgIpc) is 2.43. The van der Waals surface area contributed by atoms with Crippen LogP contribution in [0.4, 0.5) is 11.4 Å². The van der Waals surface area contributed by atoms with Crippen LogP contribution in [-0.4, -0.2) is 14.3 Å². The maximum atomic E-state index is 12.4. The Hall–Kier alpha value is -1.86. The Morgan fingerprint density at radius 1 is 1.05 bits per heavy atom. The summed E-state index contributed by atoms with van der Waals surface area (Å²) in [7, 11) is -3.67. The van der Waals surface area contributed by atoms with Crippen molar-refractivity contribution in [1.82, 2.24) is 0 Å². The third kappa shape index (κ3) is 4.08. The van der Waals surface area contributed by atoms with E-state index in [2.05, 4.69) is 26.0 Å². The van der Waals surface area contributed by atoms with Crippen molar-refractivity contribution in [2.45, 2.75) is 18.7 Å². The zero-order valence-electron chi connectivity index (χ0n) is 12.1. The molecule has 7 heteroatoms. The van der Waals surface area contributed by atoms with Crippen molar-refractivity contribution < 1.29 is 13.2 Å². The van der Waals surface area contributed by atoms with Crippen LogP contribution in [0.25, 0.3) is 0 Å². The third-order valence-electron chi connectivity index (χ3n) is 2.90. The summed E-state index contributed by atoms with van der Waals surface area (Å²) in [6.07, 6.45) is 0. The molecular weight excluding hydrogens is 368 g/mol. The van der Waals surface area contributed by atoms with Gasteiger partial charge >= 0.3 is 0 Å². The molecule has 0 aliphatic carbocycles. The second-order valence-electron chi connectivity index (χ2n) is 4.77. The minimum absolute atomic E-state index is 0.182. The van der Waals surface area contributed by atoms with Gasteiger partial charge in [-0.05, 0) is 48.9 Å². The molecule has 116 valence electrons. The molecular formula is C15H15BrN2O3S. The van der Waals surface area contributed by atoms with Crippen LogP contribution in [0, 0.1) is 6.92 Å². The highest BCUT2D eigenvalue weighted by Crippen LogP contribution is 2.23. The Kier molecular flexibility index (Phi) is 4.87. The number of anilines is 2. The Balaban J connectivity index is 2.25. The number of nitrogens with one attached hydrogen (secondary N) is 2. The first-order valence-electron chi connectivity index (χ1n) is 6.44. The van der Waals surface area contributed by atoms with Crippen molar-refractivity contribution in [3.63, 3.8) is 0 Å². The van der Waals surface area contributed by atoms with Gasteiger partial charge < -0.3 is 5.32 Å². The molecule has 0 atom stereocenters. The summed E-state index contributed by atoms with van der Waals surface area (Å²) in [6, 6.07) is 11.5. The van der Waals surface area contributed by atoms with Crippen LogP contribution >= 0.6 is 15.9 Å². The second-order valence-corrected chi connectivity index (χ2v) is 7.34. The average molecular weight is 383 g/mol. The predicted molar refractivity (Wildman–Crippen MR) is 90.4 cm³/mol. The highest BCUT2D eigenvalue weighted by atomic mass is 79.9. The van der Waals surface area contributed by atoms with Crippen LogP contribution in [0.15, 0.2) is 51.8 Å². The van der Waals surface area contributed by atoms with Crippen LogP contribution in [0.3, 0.4) is 0 Å². The van der Waals surface area contributed by atoms with Gasteiger partial charge in [0.05, 0.1) is 4.90 Å². The van der Waals surface area contributed by atoms with Crippen molar-refractivity contribution in [3.05, 3.63) is 52.5 Å². The van der Waals surface area contributed by atoms with Crippen LogP contribution in [0.1, 0.15) is 12.5 Å². The molecule has 1 amide bonds. The fourth-order valence-electron chi connectivity index (χ4n) is 1.90. The number of aryl methyl sites for hydroxylation is 1. The molecule has 2 aromatic carbocycles. The van der Waals surface area contributed by atoms with E-state index in [0.29, 0.717) is 21.4 Å². The smallest absolute Gasteiger partial charge is 0.262 e. The molecule has 0 aliphatic rings. The van der Waals surface area contributed by atoms with E-state index in [4.69, 9.17) is 0 Å². The van der Waals surface area contributed by atoms with E-state index in [9.17, 15) is 13.2 Å². The minimum Gasteiger partial charge on any atom is -0.326 e. The van der Waals surface area contributed by atoms with Gasteiger partial charge in [0.15, 0.2) is 0 Å². The van der Waals surface area contributed by atoms with Crippen molar-refractivity contribution in [3.8, 4) is 0 Å². The zero-order chi connectivity index (χ0) is 16.3. The summed E-state index contributed by atoms with van der Waals surface area (Å²) in [4.78, 5) is 11.2. The van der Waals surface area contributed by atoms with Crippen molar-refractivity contribution in [2.24, 2.45) is 0 Å². The lowest BCUT2D eigenvalue weighted by Gasteiger charge is -2.11. The summed E-state index contributed by atoms with van der Waals surface area (Å²) in [5, 5.41) is 2.62. The Morgan fingerprint density at radius 2 is 1.64 bits per heavy atom. The highest BCUT2D eigenvalue weighted by molar-refractivity contribution is 9.10. The quantitative estimate of drug-likeness (QED) is 0.849. The molecule has 0 saturated carbocycles. The maximum Gasteiger partial charge on any atom is 0.262 e. The first-order chi connectivity index (χ1) is 10.3. The topological polar surface area (TPSA) is 75.3 Å². The number of rotatable bonds is 4. The van der Waals surface area contributed by atoms with Crippen LogP contribution in [-0.2, 0) is 14.8 Å². The summed E-state index contributed by atoms with van der Waals surface area (Å²) in [5.74, 6) is -0.182. The van der Waals surface area contributed by atoms with Crippen LogP contribution in [0.2, 0.25) is 0 Å². The number of benzene rings is 2. The van der Waals surface area contributed by atoms with E-state index >= 15 is 0 Å². The van der Waals surface area contributed by atoms with Crippen LogP contribution in [0.5, 0.6) is 0 Å². The molecule has 0 unspecified atom stereocenters. The standard InChI is InChI=1S/C15H15BrN2O3S/c1-10-3-4-12(16)9-15(10)22(20,21)18-14-7-5-13(6-8-14)17-11(2)19/h3-9,18H,1-2H3,(H,17,19). The summed E-state index contributed by atoms with van der Waals surface area (Å²) in [5.41, 5.74) is 1.69. The van der Waals surface area contributed by atoms with Crippen molar-refractivity contribution in [2.75, 3.05) is 10.0 Å². The molecule has 0 aliphatic heterocycles. The first-order valence-corrected chi connectivity index (χ1v) is 8.72. The molecule has 0 fully saturated rings.